The molecule has 1 saturated heterocycles. The number of halogens is 6. The van der Waals surface area contributed by atoms with E-state index in [-0.39, 0.29) is 11.1 Å². The van der Waals surface area contributed by atoms with E-state index in [1.165, 1.54) is 24.3 Å². The molecule has 1 aromatic heterocycles. The summed E-state index contributed by atoms with van der Waals surface area (Å²) in [6.07, 6.45) is -6.42. The second kappa shape index (κ2) is 12.0. The molecule has 1 aliphatic rings. The molecule has 10 heteroatoms. The highest BCUT2D eigenvalue weighted by Gasteiger charge is 2.43. The highest BCUT2D eigenvalue weighted by atomic mass is 19.4. The van der Waals surface area contributed by atoms with Gasteiger partial charge in [-0.25, -0.2) is 4.98 Å². The Morgan fingerprint density at radius 3 is 1.65 bits per heavy atom. The summed E-state index contributed by atoms with van der Waals surface area (Å²) in [4.78, 5) is 6.44. The first-order valence-corrected chi connectivity index (χ1v) is 13.8. The van der Waals surface area contributed by atoms with Crippen LogP contribution in [0, 0.1) is 12.8 Å². The molecular formula is C33H30F6N2O2. The number of aryl methyl sites for hydroxylation is 1. The van der Waals surface area contributed by atoms with Crippen molar-refractivity contribution in [3.05, 3.63) is 125 Å². The SMILES string of the molecule is Cc1ccc(Oc2ccc(CN3CCC(C(O)(c4ccc(C(F)(F)F)cc4)c4ccc(C(F)(F)F)cc4)CC3)cc2)nc1. The maximum Gasteiger partial charge on any atom is 0.416 e. The highest BCUT2D eigenvalue weighted by Crippen LogP contribution is 2.44. The molecular weight excluding hydrogens is 570 g/mol. The van der Waals surface area contributed by atoms with Crippen molar-refractivity contribution in [1.82, 2.24) is 9.88 Å². The smallest absolute Gasteiger partial charge is 0.416 e. The molecule has 1 aliphatic heterocycles. The van der Waals surface area contributed by atoms with E-state index in [0.29, 0.717) is 44.1 Å². The van der Waals surface area contributed by atoms with Gasteiger partial charge in [0.1, 0.15) is 11.4 Å². The van der Waals surface area contributed by atoms with Gasteiger partial charge in [0.25, 0.3) is 0 Å². The third kappa shape index (κ3) is 7.02. The van der Waals surface area contributed by atoms with Crippen molar-refractivity contribution in [2.75, 3.05) is 13.1 Å². The largest absolute Gasteiger partial charge is 0.439 e. The minimum Gasteiger partial charge on any atom is -0.439 e. The van der Waals surface area contributed by atoms with Gasteiger partial charge in [0.2, 0.25) is 5.88 Å². The van der Waals surface area contributed by atoms with Gasteiger partial charge < -0.3 is 9.84 Å². The lowest BCUT2D eigenvalue weighted by Gasteiger charge is -2.42. The van der Waals surface area contributed by atoms with E-state index in [9.17, 15) is 31.4 Å². The first-order chi connectivity index (χ1) is 20.3. The predicted octanol–water partition coefficient (Wildman–Crippen LogP) is 8.37. The molecule has 43 heavy (non-hydrogen) atoms. The average Bonchev–Trinajstić information content (AvgIpc) is 2.98. The summed E-state index contributed by atoms with van der Waals surface area (Å²) in [5.74, 6) is 0.709. The van der Waals surface area contributed by atoms with Gasteiger partial charge in [-0.1, -0.05) is 42.5 Å². The summed E-state index contributed by atoms with van der Waals surface area (Å²) < 4.78 is 85.1. The van der Waals surface area contributed by atoms with Crippen molar-refractivity contribution >= 4 is 0 Å². The van der Waals surface area contributed by atoms with Gasteiger partial charge >= 0.3 is 12.4 Å². The second-order valence-electron chi connectivity index (χ2n) is 10.9. The zero-order valence-corrected chi connectivity index (χ0v) is 23.3. The van der Waals surface area contributed by atoms with Crippen LogP contribution in [0.15, 0.2) is 91.1 Å². The van der Waals surface area contributed by atoms with Crippen molar-refractivity contribution in [2.45, 2.75) is 44.3 Å². The molecule has 1 N–H and O–H groups in total. The summed E-state index contributed by atoms with van der Waals surface area (Å²) in [5, 5.41) is 12.1. The first-order valence-electron chi connectivity index (χ1n) is 13.8. The zero-order chi connectivity index (χ0) is 30.8. The van der Waals surface area contributed by atoms with Crippen LogP contribution in [0.4, 0.5) is 26.3 Å². The van der Waals surface area contributed by atoms with Gasteiger partial charge in [0.05, 0.1) is 11.1 Å². The molecule has 0 spiro atoms. The Morgan fingerprint density at radius 2 is 1.21 bits per heavy atom. The lowest BCUT2D eigenvalue weighted by Crippen LogP contribution is -2.44. The number of pyridine rings is 1. The molecule has 1 fully saturated rings. The first kappa shape index (κ1) is 30.6. The minimum atomic E-state index is -4.56. The highest BCUT2D eigenvalue weighted by molar-refractivity contribution is 5.40. The number of aliphatic hydroxyl groups is 1. The molecule has 0 bridgehead atoms. The summed E-state index contributed by atoms with van der Waals surface area (Å²) in [7, 11) is 0. The molecule has 4 nitrogen and oxygen atoms in total. The Labute approximate surface area is 245 Å². The Morgan fingerprint density at radius 1 is 0.721 bits per heavy atom. The van der Waals surface area contributed by atoms with Crippen LogP contribution in [-0.4, -0.2) is 28.1 Å². The van der Waals surface area contributed by atoms with Gasteiger partial charge in [0.15, 0.2) is 0 Å². The summed E-state index contributed by atoms with van der Waals surface area (Å²) >= 11 is 0. The van der Waals surface area contributed by atoms with E-state index in [2.05, 4.69) is 9.88 Å². The number of alkyl halides is 6. The van der Waals surface area contributed by atoms with Crippen LogP contribution in [0.25, 0.3) is 0 Å². The van der Waals surface area contributed by atoms with Crippen LogP contribution in [0.1, 0.15) is 46.2 Å². The summed E-state index contributed by atoms with van der Waals surface area (Å²) in [5.41, 5.74) is -1.02. The third-order valence-corrected chi connectivity index (χ3v) is 7.92. The number of rotatable bonds is 7. The molecule has 0 unspecified atom stereocenters. The van der Waals surface area contributed by atoms with E-state index < -0.39 is 35.0 Å². The minimum absolute atomic E-state index is 0.206. The lowest BCUT2D eigenvalue weighted by molar-refractivity contribution is -0.138. The molecule has 3 aromatic carbocycles. The molecule has 0 saturated carbocycles. The number of hydrogen-bond donors (Lipinski definition) is 1. The molecule has 0 aliphatic carbocycles. The lowest BCUT2D eigenvalue weighted by atomic mass is 9.71. The van der Waals surface area contributed by atoms with Gasteiger partial charge in [-0.05, 0) is 97.4 Å². The topological polar surface area (TPSA) is 45.6 Å². The molecule has 0 radical (unpaired) electrons. The fourth-order valence-corrected chi connectivity index (χ4v) is 5.53. The van der Waals surface area contributed by atoms with Crippen LogP contribution in [-0.2, 0) is 24.5 Å². The number of ether oxygens (including phenoxy) is 1. The van der Waals surface area contributed by atoms with Crippen LogP contribution in [0.5, 0.6) is 11.6 Å². The number of benzene rings is 3. The van der Waals surface area contributed by atoms with Crippen LogP contribution < -0.4 is 4.74 Å². The number of nitrogens with zero attached hydrogens (tertiary/aromatic N) is 2. The van der Waals surface area contributed by atoms with E-state index in [1.807, 2.05) is 37.3 Å². The van der Waals surface area contributed by atoms with Crippen molar-refractivity contribution in [1.29, 1.82) is 0 Å². The summed E-state index contributed by atoms with van der Waals surface area (Å²) in [6.45, 7) is 3.74. The summed E-state index contributed by atoms with van der Waals surface area (Å²) in [6, 6.07) is 19.7. The van der Waals surface area contributed by atoms with E-state index in [4.69, 9.17) is 4.74 Å². The Bertz CT molecular complexity index is 1440. The standard InChI is InChI=1S/C33H30F6N2O2/c1-22-2-15-30(40-20-22)43-29-13-3-23(4-14-29)21-41-18-16-26(17-19-41)31(42,24-5-9-27(10-6-24)32(34,35)36)25-7-11-28(12-8-25)33(37,38)39/h2-15,20,26,42H,16-19,21H2,1H3. The number of likely N-dealkylation sites (tertiary alicyclic amines) is 1. The third-order valence-electron chi connectivity index (χ3n) is 7.92. The van der Waals surface area contributed by atoms with Crippen LogP contribution >= 0.6 is 0 Å². The number of aromatic nitrogens is 1. The normalized spacial score (nSPS) is 15.4. The Hall–Kier alpha value is -3.89. The maximum atomic E-state index is 13.2. The fraction of sp³-hybridized carbons (Fsp3) is 0.303. The number of piperidine rings is 1. The molecule has 4 aromatic rings. The van der Waals surface area contributed by atoms with Gasteiger partial charge in [-0.15, -0.1) is 0 Å². The molecule has 0 amide bonds. The van der Waals surface area contributed by atoms with E-state index in [1.54, 1.807) is 12.3 Å². The van der Waals surface area contributed by atoms with Crippen LogP contribution in [0.2, 0.25) is 0 Å². The van der Waals surface area contributed by atoms with E-state index >= 15 is 0 Å². The van der Waals surface area contributed by atoms with Crippen molar-refractivity contribution < 1.29 is 36.2 Å². The molecule has 5 rings (SSSR count). The molecule has 226 valence electrons. The maximum absolute atomic E-state index is 13.2. The van der Waals surface area contributed by atoms with E-state index in [0.717, 1.165) is 35.4 Å². The molecule has 2 heterocycles. The predicted molar refractivity (Wildman–Crippen MR) is 149 cm³/mol. The molecule has 0 atom stereocenters. The fourth-order valence-electron chi connectivity index (χ4n) is 5.53. The van der Waals surface area contributed by atoms with Crippen molar-refractivity contribution in [3.8, 4) is 11.6 Å². The monoisotopic (exact) mass is 600 g/mol. The quantitative estimate of drug-likeness (QED) is 0.217. The van der Waals surface area contributed by atoms with Crippen LogP contribution in [0.3, 0.4) is 0 Å². The number of hydrogen-bond acceptors (Lipinski definition) is 4. The zero-order valence-electron chi connectivity index (χ0n) is 23.3. The van der Waals surface area contributed by atoms with Gasteiger partial charge in [0, 0.05) is 18.8 Å². The Kier molecular flexibility index (Phi) is 8.54. The Balaban J connectivity index is 1.30. The van der Waals surface area contributed by atoms with Crippen molar-refractivity contribution in [3.63, 3.8) is 0 Å². The average molecular weight is 601 g/mol. The van der Waals surface area contributed by atoms with Gasteiger partial charge in [-0.2, -0.15) is 26.3 Å². The second-order valence-corrected chi connectivity index (χ2v) is 10.9. The van der Waals surface area contributed by atoms with Gasteiger partial charge in [-0.3, -0.25) is 4.90 Å². The van der Waals surface area contributed by atoms with Crippen molar-refractivity contribution in [2.24, 2.45) is 5.92 Å².